The number of fused-ring (bicyclic) bond motifs is 1. The van der Waals surface area contributed by atoms with Crippen LogP contribution in [0.25, 0.3) is 22.0 Å². The summed E-state index contributed by atoms with van der Waals surface area (Å²) in [4.78, 5) is 38.7. The molecule has 4 aromatic rings. The number of carbonyl (C=O) groups is 2. The molecule has 0 unspecified atom stereocenters. The fraction of sp³-hybridized carbons (Fsp3) is 0.233. The number of aromatic nitrogens is 1. The second kappa shape index (κ2) is 10.8. The van der Waals surface area contributed by atoms with Crippen molar-refractivity contribution < 1.29 is 22.8 Å². The van der Waals surface area contributed by atoms with Crippen LogP contribution >= 0.6 is 11.6 Å². The van der Waals surface area contributed by atoms with Crippen LogP contribution in [-0.4, -0.2) is 16.4 Å². The van der Waals surface area contributed by atoms with E-state index in [1.807, 2.05) is 0 Å². The van der Waals surface area contributed by atoms with Crippen molar-refractivity contribution in [2.24, 2.45) is 12.5 Å². The molecule has 0 aliphatic carbocycles. The van der Waals surface area contributed by atoms with E-state index in [4.69, 9.17) is 11.6 Å². The number of halogens is 4. The largest absolute Gasteiger partial charge is 0.416 e. The Kier molecular flexibility index (Phi) is 7.81. The van der Waals surface area contributed by atoms with E-state index in [-0.39, 0.29) is 39.6 Å². The molecule has 1 aromatic heterocycles. The molecule has 0 spiro atoms. The van der Waals surface area contributed by atoms with Gasteiger partial charge >= 0.3 is 6.18 Å². The lowest BCUT2D eigenvalue weighted by molar-refractivity contribution is -0.137. The molecule has 0 saturated carbocycles. The number of aryl methyl sites for hydroxylation is 1. The number of alkyl halides is 3. The minimum atomic E-state index is -4.55. The predicted molar refractivity (Wildman–Crippen MR) is 150 cm³/mol. The lowest BCUT2D eigenvalue weighted by atomic mass is 9.95. The molecule has 4 rings (SSSR count). The zero-order valence-corrected chi connectivity index (χ0v) is 23.0. The average molecular weight is 570 g/mol. The highest BCUT2D eigenvalue weighted by molar-refractivity contribution is 6.34. The van der Waals surface area contributed by atoms with Crippen molar-refractivity contribution >= 4 is 40.0 Å². The monoisotopic (exact) mass is 569 g/mol. The summed E-state index contributed by atoms with van der Waals surface area (Å²) in [5.74, 6) is -0.671. The number of hydrogen-bond donors (Lipinski definition) is 2. The molecule has 0 radical (unpaired) electrons. The van der Waals surface area contributed by atoms with E-state index < -0.39 is 28.5 Å². The van der Waals surface area contributed by atoms with E-state index in [0.717, 1.165) is 12.1 Å². The lowest BCUT2D eigenvalue weighted by Crippen LogP contribution is -2.34. The lowest BCUT2D eigenvalue weighted by Gasteiger charge is -2.18. The molecule has 0 aliphatic heterocycles. The Balaban J connectivity index is 1.65. The topological polar surface area (TPSA) is 80.2 Å². The fourth-order valence-electron chi connectivity index (χ4n) is 4.14. The first-order chi connectivity index (χ1) is 18.6. The molecule has 0 bridgehead atoms. The zero-order valence-electron chi connectivity index (χ0n) is 22.2. The highest BCUT2D eigenvalue weighted by Gasteiger charge is 2.30. The van der Waals surface area contributed by atoms with Gasteiger partial charge in [-0.2, -0.15) is 13.2 Å². The minimum Gasteiger partial charge on any atom is -0.352 e. The van der Waals surface area contributed by atoms with E-state index in [2.05, 4.69) is 10.6 Å². The van der Waals surface area contributed by atoms with Crippen molar-refractivity contribution in [3.05, 3.63) is 98.8 Å². The maximum absolute atomic E-state index is 13.4. The Morgan fingerprint density at radius 2 is 1.70 bits per heavy atom. The number of carbonyl (C=O) groups excluding carboxylic acids is 2. The van der Waals surface area contributed by atoms with Crippen molar-refractivity contribution in [1.82, 2.24) is 9.88 Å². The highest BCUT2D eigenvalue weighted by Crippen LogP contribution is 2.32. The molecule has 0 fully saturated rings. The number of amides is 2. The van der Waals surface area contributed by atoms with Crippen LogP contribution < -0.4 is 16.1 Å². The Hall–Kier alpha value is -4.11. The summed E-state index contributed by atoms with van der Waals surface area (Å²) in [6.45, 7) is 5.59. The first-order valence-electron chi connectivity index (χ1n) is 12.3. The van der Waals surface area contributed by atoms with Gasteiger partial charge in [0.15, 0.2) is 5.43 Å². The SMILES string of the molecule is Cn1cc(-c2cccc(C(F)(F)F)c2)c(=O)c2cc(NC(=O)c3cc(CNC(=O)C(C)(C)C)ccc3Cl)ccc21. The van der Waals surface area contributed by atoms with E-state index >= 15 is 0 Å². The Morgan fingerprint density at radius 3 is 2.38 bits per heavy atom. The van der Waals surface area contributed by atoms with E-state index in [9.17, 15) is 27.6 Å². The third kappa shape index (κ3) is 6.20. The molecular weight excluding hydrogens is 543 g/mol. The summed E-state index contributed by atoms with van der Waals surface area (Å²) >= 11 is 6.29. The number of nitrogens with zero attached hydrogens (tertiary/aromatic N) is 1. The third-order valence-electron chi connectivity index (χ3n) is 6.36. The normalized spacial score (nSPS) is 11.9. The van der Waals surface area contributed by atoms with Gasteiger partial charge in [-0.15, -0.1) is 0 Å². The molecule has 2 N–H and O–H groups in total. The smallest absolute Gasteiger partial charge is 0.352 e. The molecule has 6 nitrogen and oxygen atoms in total. The average Bonchev–Trinajstić information content (AvgIpc) is 2.89. The molecule has 10 heteroatoms. The van der Waals surface area contributed by atoms with Crippen LogP contribution in [0.3, 0.4) is 0 Å². The number of anilines is 1. The van der Waals surface area contributed by atoms with E-state index in [0.29, 0.717) is 16.8 Å². The van der Waals surface area contributed by atoms with Gasteiger partial charge in [0.25, 0.3) is 5.91 Å². The molecule has 0 aliphatic rings. The summed E-state index contributed by atoms with van der Waals surface area (Å²) in [5, 5.41) is 5.98. The van der Waals surface area contributed by atoms with Gasteiger partial charge in [0.05, 0.1) is 21.7 Å². The van der Waals surface area contributed by atoms with Crippen molar-refractivity contribution in [3.63, 3.8) is 0 Å². The maximum Gasteiger partial charge on any atom is 0.416 e. The van der Waals surface area contributed by atoms with Crippen LogP contribution in [0.2, 0.25) is 5.02 Å². The van der Waals surface area contributed by atoms with Crippen LogP contribution in [-0.2, 0) is 24.6 Å². The molecule has 2 amide bonds. The van der Waals surface area contributed by atoms with Gasteiger partial charge in [-0.25, -0.2) is 0 Å². The molecular formula is C30H27ClF3N3O3. The number of hydrogen-bond acceptors (Lipinski definition) is 3. The summed E-state index contributed by atoms with van der Waals surface area (Å²) < 4.78 is 41.4. The second-order valence-electron chi connectivity index (χ2n) is 10.5. The van der Waals surface area contributed by atoms with Gasteiger partial charge in [-0.3, -0.25) is 14.4 Å². The number of pyridine rings is 1. The van der Waals surface area contributed by atoms with Crippen LogP contribution in [0.15, 0.2) is 71.7 Å². The third-order valence-corrected chi connectivity index (χ3v) is 6.69. The Labute approximate surface area is 233 Å². The van der Waals surface area contributed by atoms with Gasteiger partial charge < -0.3 is 15.2 Å². The van der Waals surface area contributed by atoms with Gasteiger partial charge in [-0.05, 0) is 53.6 Å². The second-order valence-corrected chi connectivity index (χ2v) is 10.9. The number of rotatable bonds is 5. The Bertz CT molecular complexity index is 1690. The molecule has 0 saturated heterocycles. The fourth-order valence-corrected chi connectivity index (χ4v) is 4.34. The zero-order chi connectivity index (χ0) is 29.4. The highest BCUT2D eigenvalue weighted by atomic mass is 35.5. The van der Waals surface area contributed by atoms with Crippen LogP contribution in [0.4, 0.5) is 18.9 Å². The standard InChI is InChI=1S/C30H27ClF3N3O3/c1-29(2,3)28(40)35-15-17-8-10-24(31)21(12-17)27(39)36-20-9-11-25-22(14-20)26(38)23(16-37(25)4)18-6-5-7-19(13-18)30(32,33)34/h5-14,16H,15H2,1-4H3,(H,35,40)(H,36,39). The summed E-state index contributed by atoms with van der Waals surface area (Å²) in [7, 11) is 1.68. The van der Waals surface area contributed by atoms with Crippen LogP contribution in [0, 0.1) is 5.41 Å². The van der Waals surface area contributed by atoms with Gasteiger partial charge in [0.1, 0.15) is 0 Å². The summed E-state index contributed by atoms with van der Waals surface area (Å²) in [6, 6.07) is 14.2. The van der Waals surface area contributed by atoms with Crippen molar-refractivity contribution in [3.8, 4) is 11.1 Å². The first-order valence-corrected chi connectivity index (χ1v) is 12.7. The van der Waals surface area contributed by atoms with Crippen molar-refractivity contribution in [1.29, 1.82) is 0 Å². The Morgan fingerprint density at radius 1 is 0.975 bits per heavy atom. The molecule has 208 valence electrons. The van der Waals surface area contributed by atoms with Crippen LogP contribution in [0.1, 0.15) is 42.3 Å². The van der Waals surface area contributed by atoms with Crippen molar-refractivity contribution in [2.75, 3.05) is 5.32 Å². The van der Waals surface area contributed by atoms with E-state index in [1.54, 1.807) is 62.7 Å². The van der Waals surface area contributed by atoms with Crippen molar-refractivity contribution in [2.45, 2.75) is 33.5 Å². The summed E-state index contributed by atoms with van der Waals surface area (Å²) in [6.07, 6.45) is -3.06. The first kappa shape index (κ1) is 28.9. The number of benzene rings is 3. The quantitative estimate of drug-likeness (QED) is 0.278. The minimum absolute atomic E-state index is 0.0950. The predicted octanol–water partition coefficient (Wildman–Crippen LogP) is 6.79. The number of nitrogens with one attached hydrogen (secondary N) is 2. The summed E-state index contributed by atoms with van der Waals surface area (Å²) in [5.41, 5.74) is 0.0162. The van der Waals surface area contributed by atoms with Crippen LogP contribution in [0.5, 0.6) is 0 Å². The molecule has 40 heavy (non-hydrogen) atoms. The molecule has 3 aromatic carbocycles. The molecule has 0 atom stereocenters. The molecule has 1 heterocycles. The van der Waals surface area contributed by atoms with Gasteiger partial charge in [0.2, 0.25) is 5.91 Å². The maximum atomic E-state index is 13.4. The van der Waals surface area contributed by atoms with Gasteiger partial charge in [0, 0.05) is 41.8 Å². The van der Waals surface area contributed by atoms with E-state index in [1.165, 1.54) is 24.4 Å². The van der Waals surface area contributed by atoms with Gasteiger partial charge in [-0.1, -0.05) is 50.6 Å².